The van der Waals surface area contributed by atoms with Crippen LogP contribution in [-0.2, 0) is 0 Å². The second-order valence-corrected chi connectivity index (χ2v) is 5.75. The number of hydrogen-bond acceptors (Lipinski definition) is 2. The van der Waals surface area contributed by atoms with E-state index in [1.165, 1.54) is 38.9 Å². The third kappa shape index (κ3) is 4.36. The first-order valence-corrected chi connectivity index (χ1v) is 7.13. The van der Waals surface area contributed by atoms with Crippen LogP contribution in [0.25, 0.3) is 0 Å². The molecule has 1 nitrogen and oxygen atoms in total. The molecule has 0 N–H and O–H groups in total. The van der Waals surface area contributed by atoms with Gasteiger partial charge in [-0.2, -0.15) is 12.6 Å². The standard InChI is InChI=1S/C13H27NS/c1-4-5-12(10-15)8-14-7-6-13(9-14)11(2)3/h11-13,15H,4-10H2,1-3H3. The van der Waals surface area contributed by atoms with Gasteiger partial charge < -0.3 is 4.90 Å². The van der Waals surface area contributed by atoms with Crippen molar-refractivity contribution in [3.05, 3.63) is 0 Å². The Kier molecular flexibility index (Phi) is 6.06. The molecule has 1 aliphatic rings. The number of nitrogens with zero attached hydrogens (tertiary/aromatic N) is 1. The van der Waals surface area contributed by atoms with Gasteiger partial charge in [-0.05, 0) is 42.9 Å². The molecule has 0 aromatic rings. The Hall–Kier alpha value is 0.310. The van der Waals surface area contributed by atoms with E-state index in [1.54, 1.807) is 0 Å². The van der Waals surface area contributed by atoms with Crippen molar-refractivity contribution in [2.75, 3.05) is 25.4 Å². The Balaban J connectivity index is 2.27. The summed E-state index contributed by atoms with van der Waals surface area (Å²) in [5.41, 5.74) is 0. The van der Waals surface area contributed by atoms with E-state index >= 15 is 0 Å². The molecule has 1 saturated heterocycles. The zero-order valence-electron chi connectivity index (χ0n) is 10.6. The third-order valence-corrected chi connectivity index (χ3v) is 4.24. The van der Waals surface area contributed by atoms with Crippen molar-refractivity contribution in [1.29, 1.82) is 0 Å². The highest BCUT2D eigenvalue weighted by Crippen LogP contribution is 2.25. The quantitative estimate of drug-likeness (QED) is 0.684. The first-order valence-electron chi connectivity index (χ1n) is 6.50. The molecule has 0 bridgehead atoms. The van der Waals surface area contributed by atoms with E-state index in [0.29, 0.717) is 0 Å². The fourth-order valence-electron chi connectivity index (χ4n) is 2.59. The molecule has 1 heterocycles. The Morgan fingerprint density at radius 1 is 1.40 bits per heavy atom. The van der Waals surface area contributed by atoms with E-state index in [0.717, 1.165) is 23.5 Å². The zero-order valence-corrected chi connectivity index (χ0v) is 11.5. The zero-order chi connectivity index (χ0) is 11.3. The average molecular weight is 229 g/mol. The maximum absolute atomic E-state index is 4.46. The fourth-order valence-corrected chi connectivity index (χ4v) is 2.88. The van der Waals surface area contributed by atoms with Gasteiger partial charge in [0.15, 0.2) is 0 Å². The van der Waals surface area contributed by atoms with E-state index in [9.17, 15) is 0 Å². The van der Waals surface area contributed by atoms with E-state index < -0.39 is 0 Å². The van der Waals surface area contributed by atoms with Gasteiger partial charge in [-0.3, -0.25) is 0 Å². The van der Waals surface area contributed by atoms with Gasteiger partial charge in [0.05, 0.1) is 0 Å². The molecular formula is C13H27NS. The summed E-state index contributed by atoms with van der Waals surface area (Å²) in [5.74, 6) is 3.66. The molecule has 1 fully saturated rings. The maximum Gasteiger partial charge on any atom is 0.00176 e. The van der Waals surface area contributed by atoms with Gasteiger partial charge in [-0.1, -0.05) is 27.2 Å². The molecule has 2 unspecified atom stereocenters. The van der Waals surface area contributed by atoms with Gasteiger partial charge in [0.1, 0.15) is 0 Å². The van der Waals surface area contributed by atoms with Crippen LogP contribution in [0.5, 0.6) is 0 Å². The van der Waals surface area contributed by atoms with Crippen molar-refractivity contribution in [3.8, 4) is 0 Å². The summed E-state index contributed by atoms with van der Waals surface area (Å²) in [6.45, 7) is 10.9. The summed E-state index contributed by atoms with van der Waals surface area (Å²) in [6, 6.07) is 0. The van der Waals surface area contributed by atoms with Gasteiger partial charge in [0, 0.05) is 13.1 Å². The van der Waals surface area contributed by atoms with Gasteiger partial charge in [0.2, 0.25) is 0 Å². The molecule has 90 valence electrons. The van der Waals surface area contributed by atoms with Crippen LogP contribution < -0.4 is 0 Å². The van der Waals surface area contributed by atoms with E-state index in [1.807, 2.05) is 0 Å². The molecule has 15 heavy (non-hydrogen) atoms. The molecule has 0 aromatic carbocycles. The molecule has 0 aliphatic carbocycles. The summed E-state index contributed by atoms with van der Waals surface area (Å²) in [5, 5.41) is 0. The molecule has 2 heteroatoms. The summed E-state index contributed by atoms with van der Waals surface area (Å²) in [4.78, 5) is 2.65. The highest BCUT2D eigenvalue weighted by atomic mass is 32.1. The first-order chi connectivity index (χ1) is 7.17. The molecule has 0 saturated carbocycles. The first kappa shape index (κ1) is 13.4. The summed E-state index contributed by atoms with van der Waals surface area (Å²) >= 11 is 4.46. The predicted molar refractivity (Wildman–Crippen MR) is 71.6 cm³/mol. The molecule has 0 amide bonds. The fraction of sp³-hybridized carbons (Fsp3) is 1.00. The van der Waals surface area contributed by atoms with Crippen LogP contribution in [-0.4, -0.2) is 30.3 Å². The van der Waals surface area contributed by atoms with Crippen LogP contribution in [0.15, 0.2) is 0 Å². The SMILES string of the molecule is CCCC(CS)CN1CCC(C(C)C)C1. The van der Waals surface area contributed by atoms with Gasteiger partial charge in [-0.15, -0.1) is 0 Å². The topological polar surface area (TPSA) is 3.24 Å². The molecule has 2 atom stereocenters. The van der Waals surface area contributed by atoms with E-state index in [4.69, 9.17) is 0 Å². The number of hydrogen-bond donors (Lipinski definition) is 1. The van der Waals surface area contributed by atoms with Gasteiger partial charge in [-0.25, -0.2) is 0 Å². The molecule has 0 radical (unpaired) electrons. The van der Waals surface area contributed by atoms with Gasteiger partial charge in [0.25, 0.3) is 0 Å². The Morgan fingerprint density at radius 2 is 2.13 bits per heavy atom. The minimum Gasteiger partial charge on any atom is -0.303 e. The van der Waals surface area contributed by atoms with Crippen LogP contribution in [0.2, 0.25) is 0 Å². The molecule has 0 spiro atoms. The van der Waals surface area contributed by atoms with Crippen molar-refractivity contribution in [2.24, 2.45) is 17.8 Å². The van der Waals surface area contributed by atoms with Crippen LogP contribution in [0.1, 0.15) is 40.0 Å². The van der Waals surface area contributed by atoms with Crippen LogP contribution in [0, 0.1) is 17.8 Å². The second-order valence-electron chi connectivity index (χ2n) is 5.39. The summed E-state index contributed by atoms with van der Waals surface area (Å²) in [6.07, 6.45) is 4.04. The lowest BCUT2D eigenvalue weighted by molar-refractivity contribution is 0.261. The number of likely N-dealkylation sites (tertiary alicyclic amines) is 1. The molecule has 1 rings (SSSR count). The second kappa shape index (κ2) is 6.80. The van der Waals surface area contributed by atoms with Crippen molar-refractivity contribution in [2.45, 2.75) is 40.0 Å². The Bertz CT molecular complexity index is 170. The van der Waals surface area contributed by atoms with Crippen LogP contribution in [0.4, 0.5) is 0 Å². The predicted octanol–water partition coefficient (Wildman–Crippen LogP) is 3.31. The minimum absolute atomic E-state index is 0.809. The maximum atomic E-state index is 4.46. The van der Waals surface area contributed by atoms with Crippen LogP contribution in [0.3, 0.4) is 0 Å². The summed E-state index contributed by atoms with van der Waals surface area (Å²) < 4.78 is 0. The van der Waals surface area contributed by atoms with E-state index in [2.05, 4.69) is 38.3 Å². The highest BCUT2D eigenvalue weighted by Gasteiger charge is 2.25. The van der Waals surface area contributed by atoms with Crippen molar-refractivity contribution >= 4 is 12.6 Å². The Morgan fingerprint density at radius 3 is 2.60 bits per heavy atom. The van der Waals surface area contributed by atoms with E-state index in [-0.39, 0.29) is 0 Å². The third-order valence-electron chi connectivity index (χ3n) is 3.72. The lowest BCUT2D eigenvalue weighted by Gasteiger charge is -2.22. The normalized spacial score (nSPS) is 25.0. The Labute approximate surface area is 101 Å². The van der Waals surface area contributed by atoms with Crippen molar-refractivity contribution in [3.63, 3.8) is 0 Å². The molecular weight excluding hydrogens is 202 g/mol. The molecule has 0 aromatic heterocycles. The lowest BCUT2D eigenvalue weighted by atomic mass is 9.95. The van der Waals surface area contributed by atoms with Gasteiger partial charge >= 0.3 is 0 Å². The monoisotopic (exact) mass is 229 g/mol. The van der Waals surface area contributed by atoms with Crippen LogP contribution >= 0.6 is 12.6 Å². The highest BCUT2D eigenvalue weighted by molar-refractivity contribution is 7.80. The largest absolute Gasteiger partial charge is 0.303 e. The van der Waals surface area contributed by atoms with Crippen molar-refractivity contribution in [1.82, 2.24) is 4.90 Å². The summed E-state index contributed by atoms with van der Waals surface area (Å²) in [7, 11) is 0. The van der Waals surface area contributed by atoms with Crippen molar-refractivity contribution < 1.29 is 0 Å². The lowest BCUT2D eigenvalue weighted by Crippen LogP contribution is -2.29. The number of thiol groups is 1. The molecule has 1 aliphatic heterocycles. The minimum atomic E-state index is 0.809. The number of rotatable bonds is 6. The average Bonchev–Trinajstić information content (AvgIpc) is 2.65. The smallest absolute Gasteiger partial charge is 0.00176 e.